The molecule has 1 aromatic rings. The average molecular weight is 244 g/mol. The van der Waals surface area contributed by atoms with Crippen LogP contribution in [0.2, 0.25) is 0 Å². The lowest BCUT2D eigenvalue weighted by molar-refractivity contribution is 0.379. The summed E-state index contributed by atoms with van der Waals surface area (Å²) in [6, 6.07) is 1.71. The van der Waals surface area contributed by atoms with E-state index in [4.69, 9.17) is 5.84 Å². The molecule has 1 aromatic heterocycles. The second-order valence-corrected chi connectivity index (χ2v) is 6.42. The third kappa shape index (κ3) is 2.11. The van der Waals surface area contributed by atoms with E-state index >= 15 is 0 Å². The lowest BCUT2D eigenvalue weighted by Gasteiger charge is -2.21. The third-order valence-electron chi connectivity index (χ3n) is 3.10. The lowest BCUT2D eigenvalue weighted by atomic mass is 9.97. The van der Waals surface area contributed by atoms with E-state index in [-0.39, 0.29) is 23.5 Å². The molecule has 1 aliphatic heterocycles. The molecule has 2 atom stereocenters. The Balaban J connectivity index is 2.22. The van der Waals surface area contributed by atoms with Crippen molar-refractivity contribution >= 4 is 9.84 Å². The van der Waals surface area contributed by atoms with E-state index in [0.717, 1.165) is 5.69 Å². The second kappa shape index (κ2) is 4.15. The Hall–Kier alpha value is -0.920. The van der Waals surface area contributed by atoms with Crippen molar-refractivity contribution in [2.75, 3.05) is 11.5 Å². The first-order valence-electron chi connectivity index (χ1n) is 5.18. The van der Waals surface area contributed by atoms with Gasteiger partial charge in [0.05, 0.1) is 23.2 Å². The molecule has 0 spiro atoms. The summed E-state index contributed by atoms with van der Waals surface area (Å²) in [6.45, 7) is 0. The molecule has 0 saturated carbocycles. The van der Waals surface area contributed by atoms with Gasteiger partial charge in [-0.05, 0) is 18.4 Å². The highest BCUT2D eigenvalue weighted by Gasteiger charge is 2.35. The topological polar surface area (TPSA) is 90.0 Å². The number of rotatable bonds is 3. The van der Waals surface area contributed by atoms with E-state index in [2.05, 4.69) is 10.5 Å². The highest BCUT2D eigenvalue weighted by Crippen LogP contribution is 2.30. The van der Waals surface area contributed by atoms with E-state index in [0.29, 0.717) is 6.42 Å². The molecule has 16 heavy (non-hydrogen) atoms. The van der Waals surface area contributed by atoms with E-state index < -0.39 is 9.84 Å². The molecule has 1 saturated heterocycles. The molecule has 6 nitrogen and oxygen atoms in total. The number of aryl methyl sites for hydroxylation is 1. The van der Waals surface area contributed by atoms with Gasteiger partial charge < -0.3 is 0 Å². The molecule has 3 N–H and O–H groups in total. The van der Waals surface area contributed by atoms with Crippen LogP contribution in [0.4, 0.5) is 0 Å². The van der Waals surface area contributed by atoms with Gasteiger partial charge in [0.1, 0.15) is 0 Å². The number of sulfone groups is 1. The molecule has 2 unspecified atom stereocenters. The molecular weight excluding hydrogens is 228 g/mol. The van der Waals surface area contributed by atoms with Crippen LogP contribution in [0, 0.1) is 5.92 Å². The van der Waals surface area contributed by atoms with Gasteiger partial charge in [0.2, 0.25) is 0 Å². The fourth-order valence-corrected chi connectivity index (χ4v) is 4.08. The van der Waals surface area contributed by atoms with Gasteiger partial charge in [-0.3, -0.25) is 16.0 Å². The Labute approximate surface area is 94.7 Å². The number of nitrogens with zero attached hydrogens (tertiary/aromatic N) is 2. The maximum atomic E-state index is 11.4. The summed E-state index contributed by atoms with van der Waals surface area (Å²) < 4.78 is 24.6. The van der Waals surface area contributed by atoms with Crippen molar-refractivity contribution in [1.82, 2.24) is 15.2 Å². The first kappa shape index (κ1) is 11.6. The summed E-state index contributed by atoms with van der Waals surface area (Å²) in [5.74, 6) is 6.01. The van der Waals surface area contributed by atoms with E-state index in [1.165, 1.54) is 0 Å². The Bertz CT molecular complexity index is 468. The van der Waals surface area contributed by atoms with Crippen LogP contribution < -0.4 is 11.3 Å². The third-order valence-corrected chi connectivity index (χ3v) is 4.89. The van der Waals surface area contributed by atoms with E-state index in [1.807, 2.05) is 13.1 Å². The quantitative estimate of drug-likeness (QED) is 0.545. The molecule has 0 aromatic carbocycles. The number of hydrogen-bond donors (Lipinski definition) is 2. The number of hydrogen-bond acceptors (Lipinski definition) is 5. The van der Waals surface area contributed by atoms with Crippen molar-refractivity contribution in [1.29, 1.82) is 0 Å². The predicted octanol–water partition coefficient (Wildman–Crippen LogP) is -0.641. The van der Waals surface area contributed by atoms with Crippen LogP contribution in [-0.2, 0) is 16.9 Å². The summed E-state index contributed by atoms with van der Waals surface area (Å²) in [7, 11) is -1.06. The first-order valence-corrected chi connectivity index (χ1v) is 7.00. The SMILES string of the molecule is Cn1nccc1C(NN)C1CCS(=O)(=O)C1. The zero-order chi connectivity index (χ0) is 11.8. The number of nitrogens with two attached hydrogens (primary N) is 1. The van der Waals surface area contributed by atoms with Crippen LogP contribution >= 0.6 is 0 Å². The highest BCUT2D eigenvalue weighted by molar-refractivity contribution is 7.91. The molecule has 0 aliphatic carbocycles. The predicted molar refractivity (Wildman–Crippen MR) is 60.0 cm³/mol. The van der Waals surface area contributed by atoms with Gasteiger partial charge in [0.25, 0.3) is 0 Å². The van der Waals surface area contributed by atoms with Crippen LogP contribution in [0.15, 0.2) is 12.3 Å². The summed E-state index contributed by atoms with van der Waals surface area (Å²) in [5.41, 5.74) is 3.62. The Kier molecular flexibility index (Phi) is 3.00. The second-order valence-electron chi connectivity index (χ2n) is 4.19. The molecule has 90 valence electrons. The Morgan fingerprint density at radius 3 is 2.88 bits per heavy atom. The summed E-state index contributed by atoms with van der Waals surface area (Å²) in [4.78, 5) is 0. The molecule has 1 aliphatic rings. The maximum Gasteiger partial charge on any atom is 0.150 e. The summed E-state index contributed by atoms with van der Waals surface area (Å²) in [5, 5.41) is 4.06. The van der Waals surface area contributed by atoms with Crippen LogP contribution in [0.1, 0.15) is 18.2 Å². The van der Waals surface area contributed by atoms with Crippen molar-refractivity contribution in [3.05, 3.63) is 18.0 Å². The zero-order valence-corrected chi connectivity index (χ0v) is 9.94. The van der Waals surface area contributed by atoms with Gasteiger partial charge >= 0.3 is 0 Å². The number of aromatic nitrogens is 2. The lowest BCUT2D eigenvalue weighted by Crippen LogP contribution is -2.35. The largest absolute Gasteiger partial charge is 0.271 e. The maximum absolute atomic E-state index is 11.4. The van der Waals surface area contributed by atoms with Crippen molar-refractivity contribution < 1.29 is 8.42 Å². The standard InChI is InChI=1S/C9H16N4O2S/c1-13-8(2-4-11-13)9(12-10)7-3-5-16(14,15)6-7/h2,4,7,9,12H,3,5-6,10H2,1H3. The Morgan fingerprint density at radius 2 is 2.44 bits per heavy atom. The highest BCUT2D eigenvalue weighted by atomic mass is 32.2. The van der Waals surface area contributed by atoms with Crippen LogP contribution in [0.25, 0.3) is 0 Å². The van der Waals surface area contributed by atoms with Gasteiger partial charge in [-0.1, -0.05) is 0 Å². The molecule has 0 amide bonds. The molecule has 0 bridgehead atoms. The van der Waals surface area contributed by atoms with Crippen LogP contribution in [-0.4, -0.2) is 29.7 Å². The van der Waals surface area contributed by atoms with Gasteiger partial charge in [0, 0.05) is 13.2 Å². The monoisotopic (exact) mass is 244 g/mol. The normalized spacial score (nSPS) is 25.8. The minimum absolute atomic E-state index is 0.0328. The minimum atomic E-state index is -2.88. The molecule has 2 heterocycles. The fourth-order valence-electron chi connectivity index (χ4n) is 2.24. The molecule has 7 heteroatoms. The van der Waals surface area contributed by atoms with Gasteiger partial charge in [-0.2, -0.15) is 5.10 Å². The molecule has 2 rings (SSSR count). The average Bonchev–Trinajstić information content (AvgIpc) is 2.76. The van der Waals surface area contributed by atoms with Crippen LogP contribution in [0.3, 0.4) is 0 Å². The van der Waals surface area contributed by atoms with Gasteiger partial charge in [-0.25, -0.2) is 8.42 Å². The first-order chi connectivity index (χ1) is 7.53. The summed E-state index contributed by atoms with van der Waals surface area (Å²) >= 11 is 0. The van der Waals surface area contributed by atoms with Crippen molar-refractivity contribution in [2.24, 2.45) is 18.8 Å². The molecule has 1 fully saturated rings. The Morgan fingerprint density at radius 1 is 1.69 bits per heavy atom. The van der Waals surface area contributed by atoms with Crippen LogP contribution in [0.5, 0.6) is 0 Å². The molecule has 0 radical (unpaired) electrons. The van der Waals surface area contributed by atoms with Gasteiger partial charge in [0.15, 0.2) is 9.84 Å². The van der Waals surface area contributed by atoms with Gasteiger partial charge in [-0.15, -0.1) is 0 Å². The van der Waals surface area contributed by atoms with E-state index in [9.17, 15) is 8.42 Å². The smallest absolute Gasteiger partial charge is 0.150 e. The number of nitrogens with one attached hydrogen (secondary N) is 1. The summed E-state index contributed by atoms with van der Waals surface area (Å²) in [6.07, 6.45) is 2.34. The number of hydrazine groups is 1. The van der Waals surface area contributed by atoms with Crippen molar-refractivity contribution in [3.8, 4) is 0 Å². The molecular formula is C9H16N4O2S. The van der Waals surface area contributed by atoms with Crippen molar-refractivity contribution in [3.63, 3.8) is 0 Å². The van der Waals surface area contributed by atoms with E-state index in [1.54, 1.807) is 10.9 Å². The van der Waals surface area contributed by atoms with Crippen molar-refractivity contribution in [2.45, 2.75) is 12.5 Å². The fraction of sp³-hybridized carbons (Fsp3) is 0.667. The zero-order valence-electron chi connectivity index (χ0n) is 9.13. The minimum Gasteiger partial charge on any atom is -0.271 e.